The molecule has 0 aromatic carbocycles. The average Bonchev–Trinajstić information content (AvgIpc) is 2.45. The molecular weight excluding hydrogens is 270 g/mol. The number of nitrogens with zero attached hydrogens (tertiary/aromatic N) is 2. The second-order valence-corrected chi connectivity index (χ2v) is 4.78. The minimum absolute atomic E-state index is 0. The third-order valence-corrected chi connectivity index (χ3v) is 2.50. The topological polar surface area (TPSA) is 51.9 Å². The molecule has 0 unspecified atom stereocenters. The summed E-state index contributed by atoms with van der Waals surface area (Å²) in [5, 5.41) is 0. The maximum atomic E-state index is 11.8. The SMILES string of the molecule is CCc1n(CC(=O)C(C)(C)C)cc[n+]1N.[Br-]. The minimum atomic E-state index is -0.297. The number of aromatic nitrogens is 2. The molecule has 0 aliphatic rings. The predicted octanol–water partition coefficient (Wildman–Crippen LogP) is -2.33. The second kappa shape index (κ2) is 5.48. The number of hydrogen-bond acceptors (Lipinski definition) is 2. The van der Waals surface area contributed by atoms with Crippen LogP contribution in [0, 0.1) is 5.41 Å². The van der Waals surface area contributed by atoms with E-state index in [0.717, 1.165) is 12.2 Å². The van der Waals surface area contributed by atoms with Crippen molar-refractivity contribution in [3.05, 3.63) is 18.2 Å². The summed E-state index contributed by atoms with van der Waals surface area (Å²) in [5.74, 6) is 6.90. The largest absolute Gasteiger partial charge is 1.00 e. The van der Waals surface area contributed by atoms with Gasteiger partial charge in [0.15, 0.2) is 12.0 Å². The number of rotatable bonds is 3. The van der Waals surface area contributed by atoms with E-state index >= 15 is 0 Å². The summed E-state index contributed by atoms with van der Waals surface area (Å²) in [5.41, 5.74) is -0.297. The van der Waals surface area contributed by atoms with Gasteiger partial charge in [0.2, 0.25) is 0 Å². The van der Waals surface area contributed by atoms with E-state index in [1.54, 1.807) is 10.9 Å². The summed E-state index contributed by atoms with van der Waals surface area (Å²) in [6.45, 7) is 8.22. The van der Waals surface area contributed by atoms with Crippen LogP contribution in [0.5, 0.6) is 0 Å². The molecule has 0 saturated heterocycles. The molecule has 0 aliphatic carbocycles. The summed E-state index contributed by atoms with van der Waals surface area (Å²) in [6.07, 6.45) is 4.44. The fourth-order valence-electron chi connectivity index (χ4n) is 1.39. The second-order valence-electron chi connectivity index (χ2n) is 4.78. The van der Waals surface area contributed by atoms with Crippen molar-refractivity contribution >= 4 is 5.78 Å². The first-order valence-electron chi connectivity index (χ1n) is 5.24. The number of carbonyl (C=O) groups is 1. The van der Waals surface area contributed by atoms with Gasteiger partial charge >= 0.3 is 0 Å². The highest BCUT2D eigenvalue weighted by Gasteiger charge is 2.25. The lowest BCUT2D eigenvalue weighted by Gasteiger charge is -2.15. The van der Waals surface area contributed by atoms with Gasteiger partial charge in [-0.2, -0.15) is 0 Å². The monoisotopic (exact) mass is 289 g/mol. The van der Waals surface area contributed by atoms with E-state index in [1.165, 1.54) is 0 Å². The van der Waals surface area contributed by atoms with Crippen LogP contribution in [0.25, 0.3) is 0 Å². The Morgan fingerprint density at radius 2 is 2.06 bits per heavy atom. The molecule has 5 heteroatoms. The Kier molecular flexibility index (Phi) is 5.19. The Hall–Kier alpha value is -0.840. The number of Topliss-reactive ketones (excluding diaryl/α,β-unsaturated/α-hetero) is 1. The number of nitrogens with two attached hydrogens (primary N) is 1. The lowest BCUT2D eigenvalue weighted by atomic mass is 9.91. The molecule has 1 aromatic heterocycles. The Morgan fingerprint density at radius 1 is 1.50 bits per heavy atom. The smallest absolute Gasteiger partial charge is 0.279 e. The first-order valence-corrected chi connectivity index (χ1v) is 5.24. The van der Waals surface area contributed by atoms with Crippen molar-refractivity contribution < 1.29 is 26.5 Å². The highest BCUT2D eigenvalue weighted by molar-refractivity contribution is 5.83. The van der Waals surface area contributed by atoms with Crippen LogP contribution in [0.15, 0.2) is 12.4 Å². The molecule has 1 rings (SSSR count). The van der Waals surface area contributed by atoms with E-state index in [9.17, 15) is 4.79 Å². The van der Waals surface area contributed by atoms with Crippen LogP contribution in [-0.2, 0) is 17.8 Å². The number of hydrogen-bond donors (Lipinski definition) is 1. The molecule has 0 fully saturated rings. The van der Waals surface area contributed by atoms with Crippen molar-refractivity contribution in [3.8, 4) is 0 Å². The van der Waals surface area contributed by atoms with Crippen LogP contribution < -0.4 is 27.5 Å². The normalized spacial score (nSPS) is 11.0. The summed E-state index contributed by atoms with van der Waals surface area (Å²) >= 11 is 0. The van der Waals surface area contributed by atoms with Crippen molar-refractivity contribution in [3.63, 3.8) is 0 Å². The third kappa shape index (κ3) is 3.33. The molecule has 0 bridgehead atoms. The highest BCUT2D eigenvalue weighted by Crippen LogP contribution is 2.15. The van der Waals surface area contributed by atoms with Crippen LogP contribution in [0.4, 0.5) is 0 Å². The van der Waals surface area contributed by atoms with Gasteiger partial charge in [-0.15, -0.1) is 4.68 Å². The van der Waals surface area contributed by atoms with E-state index < -0.39 is 0 Å². The molecule has 1 aromatic rings. The number of halogens is 1. The molecule has 0 saturated carbocycles. The zero-order chi connectivity index (χ0) is 11.6. The van der Waals surface area contributed by atoms with Gasteiger partial charge in [0.25, 0.3) is 5.82 Å². The highest BCUT2D eigenvalue weighted by atomic mass is 79.9. The van der Waals surface area contributed by atoms with Crippen LogP contribution in [0.1, 0.15) is 33.5 Å². The van der Waals surface area contributed by atoms with Gasteiger partial charge in [-0.05, 0) is 0 Å². The summed E-state index contributed by atoms with van der Waals surface area (Å²) in [7, 11) is 0. The fourth-order valence-corrected chi connectivity index (χ4v) is 1.39. The van der Waals surface area contributed by atoms with Crippen LogP contribution in [-0.4, -0.2) is 10.4 Å². The maximum Gasteiger partial charge on any atom is 0.279 e. The molecule has 92 valence electrons. The summed E-state index contributed by atoms with van der Waals surface area (Å²) in [6, 6.07) is 0. The Bertz CT molecular complexity index is 366. The number of carbonyl (C=O) groups excluding carboxylic acids is 1. The predicted molar refractivity (Wildman–Crippen MR) is 58.6 cm³/mol. The van der Waals surface area contributed by atoms with E-state index in [0.29, 0.717) is 6.54 Å². The van der Waals surface area contributed by atoms with Gasteiger partial charge in [-0.1, -0.05) is 27.7 Å². The lowest BCUT2D eigenvalue weighted by Crippen LogP contribution is -3.00. The van der Waals surface area contributed by atoms with Gasteiger partial charge in [-0.3, -0.25) is 10.6 Å². The van der Waals surface area contributed by atoms with Crippen LogP contribution in [0.2, 0.25) is 0 Å². The van der Waals surface area contributed by atoms with Crippen molar-refractivity contribution in [2.75, 3.05) is 5.84 Å². The maximum absolute atomic E-state index is 11.8. The minimum Gasteiger partial charge on any atom is -1.00 e. The van der Waals surface area contributed by atoms with E-state index in [-0.39, 0.29) is 28.2 Å². The molecule has 16 heavy (non-hydrogen) atoms. The molecular formula is C11H20BrN3O. The van der Waals surface area contributed by atoms with E-state index in [1.807, 2.05) is 38.5 Å². The van der Waals surface area contributed by atoms with E-state index in [4.69, 9.17) is 5.84 Å². The first-order chi connectivity index (χ1) is 6.86. The molecule has 4 nitrogen and oxygen atoms in total. The Labute approximate surface area is 107 Å². The standard InChI is InChI=1S/C11H20N3O.BrH/c1-5-10-13(6-7-14(10)12)8-9(15)11(2,3)4;/h6-7H,5,8,12H2,1-4H3;1H/q+1;/p-1. The summed E-state index contributed by atoms with van der Waals surface area (Å²) < 4.78 is 3.48. The van der Waals surface area contributed by atoms with Crippen molar-refractivity contribution in [1.29, 1.82) is 0 Å². The van der Waals surface area contributed by atoms with Crippen molar-refractivity contribution in [2.24, 2.45) is 5.41 Å². The summed E-state index contributed by atoms with van der Waals surface area (Å²) in [4.78, 5) is 11.8. The fraction of sp³-hybridized carbons (Fsp3) is 0.636. The van der Waals surface area contributed by atoms with Gasteiger partial charge in [0.05, 0.1) is 0 Å². The van der Waals surface area contributed by atoms with Gasteiger partial charge in [-0.25, -0.2) is 4.57 Å². The molecule has 0 spiro atoms. The number of nitrogen functional groups attached to an aromatic ring is 1. The lowest BCUT2D eigenvalue weighted by molar-refractivity contribution is -0.646. The zero-order valence-corrected chi connectivity index (χ0v) is 11.9. The molecule has 0 amide bonds. The zero-order valence-electron chi connectivity index (χ0n) is 10.3. The molecule has 2 N–H and O–H groups in total. The first kappa shape index (κ1) is 15.2. The molecule has 0 radical (unpaired) electrons. The van der Waals surface area contributed by atoms with Gasteiger partial charge in [0, 0.05) is 11.8 Å². The molecule has 0 aliphatic heterocycles. The average molecular weight is 290 g/mol. The molecule has 0 atom stereocenters. The van der Waals surface area contributed by atoms with E-state index in [2.05, 4.69) is 0 Å². The van der Waals surface area contributed by atoms with Gasteiger partial charge in [0.1, 0.15) is 12.7 Å². The third-order valence-electron chi connectivity index (χ3n) is 2.50. The Balaban J connectivity index is 0.00000225. The number of ketones is 1. The Morgan fingerprint density at radius 3 is 2.50 bits per heavy atom. The molecule has 1 heterocycles. The van der Waals surface area contributed by atoms with Crippen LogP contribution in [0.3, 0.4) is 0 Å². The van der Waals surface area contributed by atoms with Gasteiger partial charge < -0.3 is 17.0 Å². The van der Waals surface area contributed by atoms with Crippen molar-refractivity contribution in [2.45, 2.75) is 40.7 Å². The van der Waals surface area contributed by atoms with Crippen LogP contribution >= 0.6 is 0 Å². The number of imidazole rings is 1. The quantitative estimate of drug-likeness (QED) is 0.501. The van der Waals surface area contributed by atoms with Crippen molar-refractivity contribution in [1.82, 2.24) is 4.57 Å².